The topological polar surface area (TPSA) is 72.8 Å². The van der Waals surface area contributed by atoms with Crippen molar-refractivity contribution in [2.24, 2.45) is 0 Å². The zero-order chi connectivity index (χ0) is 17.0. The summed E-state index contributed by atoms with van der Waals surface area (Å²) in [5.41, 5.74) is 0.0182. The molecule has 0 aliphatic carbocycles. The Bertz CT molecular complexity index is 745. The van der Waals surface area contributed by atoms with Gasteiger partial charge in [0.1, 0.15) is 11.5 Å². The molecule has 0 heterocycles. The third-order valence-corrected chi connectivity index (χ3v) is 3.36. The van der Waals surface area contributed by atoms with Crippen molar-refractivity contribution >= 4 is 35.1 Å². The number of carboxylic acid groups (broad SMARTS) is 1. The van der Waals surface area contributed by atoms with Crippen molar-refractivity contribution in [2.75, 3.05) is 0 Å². The molecule has 2 aromatic carbocycles. The number of carboxylic acids is 1. The van der Waals surface area contributed by atoms with Gasteiger partial charge in [-0.2, -0.15) is 0 Å². The van der Waals surface area contributed by atoms with E-state index in [1.807, 2.05) is 0 Å². The number of hydrogen-bond acceptors (Lipinski definition) is 4. The van der Waals surface area contributed by atoms with Gasteiger partial charge in [-0.25, -0.2) is 9.59 Å². The quantitative estimate of drug-likeness (QED) is 0.647. The van der Waals surface area contributed by atoms with Crippen LogP contribution in [0, 0.1) is 0 Å². The number of aromatic carboxylic acids is 1. The van der Waals surface area contributed by atoms with Gasteiger partial charge in [0.05, 0.1) is 10.6 Å². The van der Waals surface area contributed by atoms with Crippen LogP contribution in [0.4, 0.5) is 0 Å². The Morgan fingerprint density at radius 3 is 2.52 bits per heavy atom. The number of ether oxygens (including phenoxy) is 2. The molecule has 2 rings (SSSR count). The van der Waals surface area contributed by atoms with E-state index in [2.05, 4.69) is 0 Å². The van der Waals surface area contributed by atoms with Crippen molar-refractivity contribution in [3.05, 3.63) is 58.1 Å². The zero-order valence-corrected chi connectivity index (χ0v) is 13.5. The standard InChI is InChI=1S/C16H12Cl2O5/c1-9(22-14-6-5-11(17)8-13(14)18)16(21)23-12-4-2-3-10(7-12)15(19)20/h2-9H,1H3,(H,19,20). The van der Waals surface area contributed by atoms with Crippen LogP contribution in [0.5, 0.6) is 11.5 Å². The van der Waals surface area contributed by atoms with Gasteiger partial charge < -0.3 is 14.6 Å². The first-order valence-corrected chi connectivity index (χ1v) is 7.29. The molecule has 1 atom stereocenters. The first-order valence-electron chi connectivity index (χ1n) is 6.53. The molecule has 23 heavy (non-hydrogen) atoms. The minimum atomic E-state index is -1.11. The fourth-order valence-electron chi connectivity index (χ4n) is 1.70. The Kier molecular flexibility index (Phi) is 5.47. The molecule has 0 aliphatic rings. The normalized spacial score (nSPS) is 11.6. The first kappa shape index (κ1) is 17.1. The molecule has 7 heteroatoms. The highest BCUT2D eigenvalue weighted by atomic mass is 35.5. The summed E-state index contributed by atoms with van der Waals surface area (Å²) >= 11 is 11.8. The number of carbonyl (C=O) groups excluding carboxylic acids is 1. The van der Waals surface area contributed by atoms with Crippen LogP contribution in [-0.2, 0) is 4.79 Å². The Morgan fingerprint density at radius 2 is 1.87 bits per heavy atom. The fourth-order valence-corrected chi connectivity index (χ4v) is 2.15. The Morgan fingerprint density at radius 1 is 1.13 bits per heavy atom. The third-order valence-electron chi connectivity index (χ3n) is 2.83. The molecule has 0 saturated carbocycles. The number of hydrogen-bond donors (Lipinski definition) is 1. The van der Waals surface area contributed by atoms with Crippen molar-refractivity contribution in [1.29, 1.82) is 0 Å². The van der Waals surface area contributed by atoms with Gasteiger partial charge >= 0.3 is 11.9 Å². The Hall–Kier alpha value is -2.24. The third kappa shape index (κ3) is 4.61. The van der Waals surface area contributed by atoms with E-state index < -0.39 is 18.0 Å². The maximum atomic E-state index is 12.0. The van der Waals surface area contributed by atoms with Crippen LogP contribution in [0.3, 0.4) is 0 Å². The molecule has 1 N–H and O–H groups in total. The van der Waals surface area contributed by atoms with Crippen LogP contribution in [0.1, 0.15) is 17.3 Å². The van der Waals surface area contributed by atoms with Gasteiger partial charge in [0, 0.05) is 5.02 Å². The van der Waals surface area contributed by atoms with E-state index in [4.69, 9.17) is 37.8 Å². The summed E-state index contributed by atoms with van der Waals surface area (Å²) < 4.78 is 10.5. The van der Waals surface area contributed by atoms with Crippen LogP contribution >= 0.6 is 23.2 Å². The van der Waals surface area contributed by atoms with Crippen LogP contribution in [-0.4, -0.2) is 23.1 Å². The van der Waals surface area contributed by atoms with Crippen molar-refractivity contribution < 1.29 is 24.2 Å². The molecule has 0 amide bonds. The number of halogens is 2. The van der Waals surface area contributed by atoms with Crippen molar-refractivity contribution in [1.82, 2.24) is 0 Å². The largest absolute Gasteiger partial charge is 0.478 e. The molecule has 0 saturated heterocycles. The maximum absolute atomic E-state index is 12.0. The summed E-state index contributed by atoms with van der Waals surface area (Å²) in [5, 5.41) is 9.63. The summed E-state index contributed by atoms with van der Waals surface area (Å²) in [4.78, 5) is 22.9. The number of carbonyl (C=O) groups is 2. The molecule has 0 radical (unpaired) electrons. The van der Waals surface area contributed by atoms with Crippen LogP contribution < -0.4 is 9.47 Å². The van der Waals surface area contributed by atoms with E-state index in [1.54, 1.807) is 12.1 Å². The fraction of sp³-hybridized carbons (Fsp3) is 0.125. The van der Waals surface area contributed by atoms with Gasteiger partial charge in [-0.15, -0.1) is 0 Å². The van der Waals surface area contributed by atoms with E-state index >= 15 is 0 Å². The second kappa shape index (κ2) is 7.35. The lowest BCUT2D eigenvalue weighted by Gasteiger charge is -2.15. The van der Waals surface area contributed by atoms with E-state index in [9.17, 15) is 9.59 Å². The second-order valence-corrected chi connectivity index (χ2v) is 5.43. The molecule has 0 spiro atoms. The molecule has 0 aliphatic heterocycles. The molecule has 120 valence electrons. The summed E-state index contributed by atoms with van der Waals surface area (Å²) in [6.45, 7) is 1.49. The molecule has 0 bridgehead atoms. The molecular weight excluding hydrogens is 343 g/mol. The lowest BCUT2D eigenvalue weighted by Crippen LogP contribution is -2.28. The molecule has 1 unspecified atom stereocenters. The van der Waals surface area contributed by atoms with Gasteiger partial charge in [0.25, 0.3) is 0 Å². The predicted molar refractivity (Wildman–Crippen MR) is 85.6 cm³/mol. The minimum Gasteiger partial charge on any atom is -0.478 e. The number of benzene rings is 2. The van der Waals surface area contributed by atoms with E-state index in [-0.39, 0.29) is 16.3 Å². The monoisotopic (exact) mass is 354 g/mol. The van der Waals surface area contributed by atoms with Gasteiger partial charge in [0.2, 0.25) is 0 Å². The summed E-state index contributed by atoms with van der Waals surface area (Å²) in [6, 6.07) is 10.2. The van der Waals surface area contributed by atoms with Gasteiger partial charge in [-0.3, -0.25) is 0 Å². The Labute approximate surface area is 142 Å². The van der Waals surface area contributed by atoms with Crippen LogP contribution in [0.25, 0.3) is 0 Å². The molecule has 0 fully saturated rings. The SMILES string of the molecule is CC(Oc1ccc(Cl)cc1Cl)C(=O)Oc1cccc(C(=O)O)c1. The molecule has 2 aromatic rings. The predicted octanol–water partition coefficient (Wildman–Crippen LogP) is 4.06. The molecule has 5 nitrogen and oxygen atoms in total. The lowest BCUT2D eigenvalue weighted by atomic mass is 10.2. The minimum absolute atomic E-state index is 0.0182. The number of esters is 1. The average molecular weight is 355 g/mol. The first-order chi connectivity index (χ1) is 10.9. The number of rotatable bonds is 5. The summed E-state index contributed by atoms with van der Waals surface area (Å²) in [6.07, 6.45) is -0.942. The van der Waals surface area contributed by atoms with Gasteiger partial charge in [-0.1, -0.05) is 29.3 Å². The average Bonchev–Trinajstić information content (AvgIpc) is 2.50. The van der Waals surface area contributed by atoms with Gasteiger partial charge in [0.15, 0.2) is 6.10 Å². The van der Waals surface area contributed by atoms with Crippen LogP contribution in [0.2, 0.25) is 10.0 Å². The van der Waals surface area contributed by atoms with E-state index in [0.717, 1.165) is 0 Å². The summed E-state index contributed by atoms with van der Waals surface area (Å²) in [5.74, 6) is -1.38. The molecule has 0 aromatic heterocycles. The second-order valence-electron chi connectivity index (χ2n) is 4.59. The smallest absolute Gasteiger partial charge is 0.352 e. The summed E-state index contributed by atoms with van der Waals surface area (Å²) in [7, 11) is 0. The lowest BCUT2D eigenvalue weighted by molar-refractivity contribution is -0.141. The highest BCUT2D eigenvalue weighted by molar-refractivity contribution is 6.35. The van der Waals surface area contributed by atoms with Gasteiger partial charge in [-0.05, 0) is 43.3 Å². The van der Waals surface area contributed by atoms with Crippen molar-refractivity contribution in [2.45, 2.75) is 13.0 Å². The van der Waals surface area contributed by atoms with Crippen molar-refractivity contribution in [3.63, 3.8) is 0 Å². The molecular formula is C16H12Cl2O5. The van der Waals surface area contributed by atoms with E-state index in [0.29, 0.717) is 10.8 Å². The van der Waals surface area contributed by atoms with Crippen LogP contribution in [0.15, 0.2) is 42.5 Å². The zero-order valence-electron chi connectivity index (χ0n) is 12.0. The maximum Gasteiger partial charge on any atom is 0.352 e. The van der Waals surface area contributed by atoms with Crippen molar-refractivity contribution in [3.8, 4) is 11.5 Å². The Balaban J connectivity index is 2.05. The van der Waals surface area contributed by atoms with E-state index in [1.165, 1.54) is 37.3 Å². The highest BCUT2D eigenvalue weighted by Gasteiger charge is 2.19. The highest BCUT2D eigenvalue weighted by Crippen LogP contribution is 2.28.